The molecule has 3 aliphatic rings. The third-order valence-corrected chi connectivity index (χ3v) is 14.8. The number of hydrogen-bond acceptors (Lipinski definition) is 11. The molecule has 3 heterocycles. The Labute approximate surface area is 409 Å². The van der Waals surface area contributed by atoms with E-state index in [9.17, 15) is 22.8 Å². The first-order valence-electron chi connectivity index (χ1n) is 23.7. The first-order valence-corrected chi connectivity index (χ1v) is 24.1. The van der Waals surface area contributed by atoms with Crippen molar-refractivity contribution >= 4 is 29.2 Å². The van der Waals surface area contributed by atoms with Crippen LogP contribution in [-0.2, 0) is 39.1 Å². The van der Waals surface area contributed by atoms with Crippen LogP contribution < -0.4 is 19.1 Å². The Morgan fingerprint density at radius 2 is 1.73 bits per heavy atom. The summed E-state index contributed by atoms with van der Waals surface area (Å²) in [6.45, 7) is 5.43. The van der Waals surface area contributed by atoms with E-state index in [1.54, 1.807) is 30.3 Å². The summed E-state index contributed by atoms with van der Waals surface area (Å²) in [5.74, 6) is -0.0784. The van der Waals surface area contributed by atoms with Crippen LogP contribution in [0.15, 0.2) is 97.5 Å². The van der Waals surface area contributed by atoms with Crippen LogP contribution in [0.2, 0.25) is 5.02 Å². The molecule has 1 amide bonds. The molecule has 0 bridgehead atoms. The van der Waals surface area contributed by atoms with Gasteiger partial charge in [-0.2, -0.15) is 13.2 Å². The number of carbonyl (C=O) groups excluding carboxylic acids is 2. The maximum absolute atomic E-state index is 14.6. The lowest BCUT2D eigenvalue weighted by atomic mass is 9.59. The van der Waals surface area contributed by atoms with Crippen molar-refractivity contribution in [1.29, 1.82) is 0 Å². The molecule has 70 heavy (non-hydrogen) atoms. The van der Waals surface area contributed by atoms with Crippen LogP contribution in [0.1, 0.15) is 87.1 Å². The van der Waals surface area contributed by atoms with Gasteiger partial charge in [-0.1, -0.05) is 54.9 Å². The average molecular weight is 979 g/mol. The molecule has 0 saturated heterocycles. The van der Waals surface area contributed by atoms with E-state index in [-0.39, 0.29) is 54.8 Å². The highest BCUT2D eigenvalue weighted by Crippen LogP contribution is 2.58. The van der Waals surface area contributed by atoms with Gasteiger partial charge in [0.15, 0.2) is 5.82 Å². The van der Waals surface area contributed by atoms with Gasteiger partial charge < -0.3 is 18.9 Å². The van der Waals surface area contributed by atoms with E-state index >= 15 is 0 Å². The average Bonchev–Trinajstić information content (AvgIpc) is 3.95. The van der Waals surface area contributed by atoms with E-state index in [2.05, 4.69) is 40.2 Å². The molecule has 0 radical (unpaired) electrons. The number of aryl methyl sites for hydroxylation is 1. The van der Waals surface area contributed by atoms with Gasteiger partial charge in [0.25, 0.3) is 0 Å². The number of fused-ring (bicyclic) bond motifs is 3. The minimum Gasteiger partial charge on any atom is -0.496 e. The van der Waals surface area contributed by atoms with Gasteiger partial charge in [-0.25, -0.2) is 19.4 Å². The Kier molecular flexibility index (Phi) is 13.9. The maximum Gasteiger partial charge on any atom is 0.471 e. The van der Waals surface area contributed by atoms with Crippen molar-refractivity contribution in [2.75, 3.05) is 32.3 Å². The monoisotopic (exact) mass is 977 g/mol. The predicted molar refractivity (Wildman–Crippen MR) is 257 cm³/mol. The molecule has 3 aromatic heterocycles. The predicted octanol–water partition coefficient (Wildman–Crippen LogP) is 10.6. The van der Waals surface area contributed by atoms with Crippen molar-refractivity contribution in [3.05, 3.63) is 125 Å². The molecule has 17 heteroatoms. The van der Waals surface area contributed by atoms with Crippen LogP contribution in [0, 0.1) is 11.8 Å². The number of halogens is 4. The van der Waals surface area contributed by atoms with Gasteiger partial charge in [0.05, 0.1) is 39.3 Å². The largest absolute Gasteiger partial charge is 0.496 e. The number of pyridine rings is 1. The van der Waals surface area contributed by atoms with E-state index in [1.165, 1.54) is 29.8 Å². The summed E-state index contributed by atoms with van der Waals surface area (Å²) in [7, 11) is 2.75. The van der Waals surface area contributed by atoms with Crippen molar-refractivity contribution in [1.82, 2.24) is 29.9 Å². The van der Waals surface area contributed by atoms with Crippen LogP contribution in [0.5, 0.6) is 17.2 Å². The van der Waals surface area contributed by atoms with Crippen LogP contribution in [-0.4, -0.2) is 81.0 Å². The fourth-order valence-electron chi connectivity index (χ4n) is 11.2. The quantitative estimate of drug-likeness (QED) is 0.0907. The summed E-state index contributed by atoms with van der Waals surface area (Å²) >= 11 is 6.30. The Morgan fingerprint density at radius 1 is 0.929 bits per heavy atom. The van der Waals surface area contributed by atoms with E-state index in [4.69, 9.17) is 35.5 Å². The molecule has 366 valence electrons. The molecular formula is C53H55ClF3N7O6. The molecule has 6 aromatic rings. The van der Waals surface area contributed by atoms with Crippen molar-refractivity contribution < 1.29 is 41.7 Å². The normalized spacial score (nSPS) is 21.1. The van der Waals surface area contributed by atoms with E-state index in [1.807, 2.05) is 48.7 Å². The highest BCUT2D eigenvalue weighted by molar-refractivity contribution is 6.31. The van der Waals surface area contributed by atoms with Gasteiger partial charge in [-0.15, -0.1) is 5.10 Å². The lowest BCUT2D eigenvalue weighted by molar-refractivity contribution is -0.174. The van der Waals surface area contributed by atoms with Crippen LogP contribution in [0.4, 0.5) is 18.9 Å². The number of amides is 1. The Morgan fingerprint density at radius 3 is 2.50 bits per heavy atom. The number of carbonyl (C=O) groups is 2. The van der Waals surface area contributed by atoms with E-state index in [0.717, 1.165) is 60.9 Å². The molecule has 13 nitrogen and oxygen atoms in total. The van der Waals surface area contributed by atoms with Crippen molar-refractivity contribution in [3.8, 4) is 40.0 Å². The van der Waals surface area contributed by atoms with E-state index in [0.29, 0.717) is 59.1 Å². The maximum atomic E-state index is 14.6. The zero-order chi connectivity index (χ0) is 49.2. The SMILES string of the molecule is COC(=O)C1(N(C(=O)C(F)(F)F)c2cccc(Cl)c2)CCC2(CC1)c1cc(OCCn3cc(-c4nccc(-c5ccccc5OC)n4)nn3)ccc1C[C@@H]2C[C@@H](C)COc1ccnc2c1[C@H](C)CCC2. The first kappa shape index (κ1) is 48.5. The van der Waals surface area contributed by atoms with Crippen LogP contribution in [0.25, 0.3) is 22.8 Å². The van der Waals surface area contributed by atoms with Gasteiger partial charge in [0.1, 0.15) is 35.1 Å². The van der Waals surface area contributed by atoms with Crippen LogP contribution in [0.3, 0.4) is 0 Å². The molecule has 0 unspecified atom stereocenters. The summed E-state index contributed by atoms with van der Waals surface area (Å²) < 4.78 is 69.2. The summed E-state index contributed by atoms with van der Waals surface area (Å²) in [6, 6.07) is 23.0. The fourth-order valence-corrected chi connectivity index (χ4v) is 11.4. The van der Waals surface area contributed by atoms with Crippen molar-refractivity contribution in [2.45, 2.75) is 101 Å². The Balaban J connectivity index is 0.974. The lowest BCUT2D eigenvalue weighted by Crippen LogP contribution is -2.63. The van der Waals surface area contributed by atoms with Gasteiger partial charge in [-0.05, 0) is 147 Å². The molecule has 9 rings (SSSR count). The number of ether oxygens (including phenoxy) is 4. The molecular weight excluding hydrogens is 923 g/mol. The molecule has 0 aliphatic heterocycles. The van der Waals surface area contributed by atoms with Gasteiger partial charge in [0, 0.05) is 39.9 Å². The second-order valence-electron chi connectivity index (χ2n) is 18.8. The zero-order valence-corrected chi connectivity index (χ0v) is 40.3. The molecule has 0 N–H and O–H groups in total. The van der Waals surface area contributed by atoms with E-state index < -0.39 is 29.0 Å². The third kappa shape index (κ3) is 9.54. The number of alkyl halides is 3. The number of aromatic nitrogens is 6. The Hall–Kier alpha value is -6.55. The van der Waals surface area contributed by atoms with Crippen LogP contribution >= 0.6 is 11.6 Å². The summed E-state index contributed by atoms with van der Waals surface area (Å²) in [4.78, 5) is 42.0. The number of anilines is 1. The number of esters is 1. The second kappa shape index (κ2) is 20.1. The summed E-state index contributed by atoms with van der Waals surface area (Å²) in [5.41, 5.74) is 3.67. The highest BCUT2D eigenvalue weighted by atomic mass is 35.5. The lowest BCUT2D eigenvalue weighted by Gasteiger charge is -2.51. The molecule has 3 aromatic carbocycles. The Bertz CT molecular complexity index is 2870. The van der Waals surface area contributed by atoms with Gasteiger partial charge in [-0.3, -0.25) is 14.7 Å². The van der Waals surface area contributed by atoms with Crippen molar-refractivity contribution in [3.63, 3.8) is 0 Å². The first-order chi connectivity index (χ1) is 33.7. The number of para-hydroxylation sites is 1. The number of hydrogen-bond donors (Lipinski definition) is 0. The topological polar surface area (TPSA) is 144 Å². The zero-order valence-electron chi connectivity index (χ0n) is 39.5. The number of methoxy groups -OCH3 is 2. The molecule has 1 fully saturated rings. The minimum atomic E-state index is -5.29. The summed E-state index contributed by atoms with van der Waals surface area (Å²) in [5, 5.41) is 8.76. The molecule has 3 atom stereocenters. The third-order valence-electron chi connectivity index (χ3n) is 14.5. The number of benzene rings is 3. The number of rotatable bonds is 15. The molecule has 1 spiro atoms. The second-order valence-corrected chi connectivity index (χ2v) is 19.2. The van der Waals surface area contributed by atoms with Crippen molar-refractivity contribution in [2.24, 2.45) is 11.8 Å². The van der Waals surface area contributed by atoms with Gasteiger partial charge in [0.2, 0.25) is 0 Å². The smallest absolute Gasteiger partial charge is 0.471 e. The molecule has 1 saturated carbocycles. The highest BCUT2D eigenvalue weighted by Gasteiger charge is 2.60. The van der Waals surface area contributed by atoms with Gasteiger partial charge >= 0.3 is 18.1 Å². The fraction of sp³-hybridized carbons (Fsp3) is 0.415. The summed E-state index contributed by atoms with van der Waals surface area (Å²) in [6.07, 6.45) is 4.86. The standard InChI is InChI=1S/C53H55ClF3N7O6/c1-33(32-70-46-18-24-58-43-13-7-9-34(2)47(43)46)27-36-28-35-15-16-39(69-26-25-63-31-44(61-62-63)48-59-23-17-42(60-48)40-12-5-6-14-45(40)67-3)30-41(35)51(36)19-21-52(22-20-51,50(66)68-4)64(49(65)53(55,56)57)38-11-8-10-37(54)29-38/h5-6,8,10-12,14-18,23-24,29-31,33-34,36H,7,9,13,19-22,25-28,32H2,1-4H3/t33-,34-,36+,51?,52?/m1/s1. The number of nitrogens with zero attached hydrogens (tertiary/aromatic N) is 7. The minimum absolute atomic E-state index is 0.0208. The molecule has 3 aliphatic carbocycles.